The lowest BCUT2D eigenvalue weighted by atomic mass is 10.0. The normalized spacial score (nSPS) is 29.5. The largest absolute Gasteiger partial charge is 0.395 e. The van der Waals surface area contributed by atoms with Crippen molar-refractivity contribution >= 4 is 0 Å². The van der Waals surface area contributed by atoms with Gasteiger partial charge in [-0.15, -0.1) is 0 Å². The summed E-state index contributed by atoms with van der Waals surface area (Å²) in [4.78, 5) is 2.58. The highest BCUT2D eigenvalue weighted by atomic mass is 16.3. The van der Waals surface area contributed by atoms with Crippen LogP contribution in [0.3, 0.4) is 0 Å². The van der Waals surface area contributed by atoms with Crippen LogP contribution in [0.4, 0.5) is 0 Å². The quantitative estimate of drug-likeness (QED) is 0.729. The molecule has 0 saturated heterocycles. The molecule has 2 atom stereocenters. The van der Waals surface area contributed by atoms with Gasteiger partial charge in [0.25, 0.3) is 0 Å². The topological polar surface area (TPSA) is 35.5 Å². The third-order valence-electron chi connectivity index (χ3n) is 4.82. The Morgan fingerprint density at radius 1 is 1.11 bits per heavy atom. The summed E-state index contributed by atoms with van der Waals surface area (Å²) in [7, 11) is 0. The fraction of sp³-hybridized carbons (Fsp3) is 1.00. The summed E-state index contributed by atoms with van der Waals surface area (Å²) in [5.74, 6) is 0.803. The molecule has 106 valence electrons. The minimum absolute atomic E-state index is 0.315. The maximum Gasteiger partial charge on any atom is 0.0558 e. The predicted octanol–water partition coefficient (Wildman–Crippen LogP) is 2.00. The van der Waals surface area contributed by atoms with Crippen molar-refractivity contribution in [2.24, 2.45) is 5.92 Å². The summed E-state index contributed by atoms with van der Waals surface area (Å²) in [6.45, 7) is 5.68. The summed E-state index contributed by atoms with van der Waals surface area (Å²) in [6, 6.07) is 1.47. The predicted molar refractivity (Wildman–Crippen MR) is 75.7 cm³/mol. The van der Waals surface area contributed by atoms with Crippen molar-refractivity contribution < 1.29 is 5.11 Å². The molecular weight excluding hydrogens is 224 g/mol. The first-order valence-corrected chi connectivity index (χ1v) is 7.93. The van der Waals surface area contributed by atoms with Crippen LogP contribution in [-0.2, 0) is 0 Å². The van der Waals surface area contributed by atoms with Crippen LogP contribution in [0.5, 0.6) is 0 Å². The van der Waals surface area contributed by atoms with Crippen LogP contribution in [0.2, 0.25) is 0 Å². The average molecular weight is 254 g/mol. The highest BCUT2D eigenvalue weighted by Crippen LogP contribution is 2.30. The molecule has 0 bridgehead atoms. The molecule has 0 aromatic rings. The molecule has 0 aromatic heterocycles. The van der Waals surface area contributed by atoms with Crippen molar-refractivity contribution in [2.45, 2.75) is 64.0 Å². The maximum absolute atomic E-state index is 9.28. The standard InChI is InChI=1S/C15H30N2O/c1-2-16-15-9-5-6-13(15)12-17(10-11-18)14-7-3-4-8-14/h13-16,18H,2-12H2,1H3. The lowest BCUT2D eigenvalue weighted by molar-refractivity contribution is 0.125. The minimum atomic E-state index is 0.315. The molecule has 0 heterocycles. The van der Waals surface area contributed by atoms with Crippen molar-refractivity contribution in [3.05, 3.63) is 0 Å². The lowest BCUT2D eigenvalue weighted by Gasteiger charge is -2.33. The Hall–Kier alpha value is -0.120. The summed E-state index contributed by atoms with van der Waals surface area (Å²) in [5.41, 5.74) is 0. The molecule has 2 fully saturated rings. The van der Waals surface area contributed by atoms with E-state index in [4.69, 9.17) is 0 Å². The van der Waals surface area contributed by atoms with Gasteiger partial charge < -0.3 is 10.4 Å². The number of nitrogens with one attached hydrogen (secondary N) is 1. The second kappa shape index (κ2) is 7.46. The molecule has 0 aromatic carbocycles. The van der Waals surface area contributed by atoms with Crippen LogP contribution in [-0.4, -0.2) is 48.3 Å². The number of aliphatic hydroxyl groups excluding tert-OH is 1. The molecule has 2 rings (SSSR count). The Balaban J connectivity index is 1.86. The molecule has 2 unspecified atom stereocenters. The van der Waals surface area contributed by atoms with Crippen LogP contribution in [0.1, 0.15) is 51.9 Å². The molecule has 2 saturated carbocycles. The number of nitrogens with zero attached hydrogens (tertiary/aromatic N) is 1. The minimum Gasteiger partial charge on any atom is -0.395 e. The number of aliphatic hydroxyl groups is 1. The third kappa shape index (κ3) is 3.69. The molecule has 3 nitrogen and oxygen atoms in total. The van der Waals surface area contributed by atoms with E-state index in [-0.39, 0.29) is 0 Å². The molecule has 0 aliphatic heterocycles. The van der Waals surface area contributed by atoms with Gasteiger partial charge in [-0.25, -0.2) is 0 Å². The molecule has 3 heteroatoms. The summed E-state index contributed by atoms with van der Waals surface area (Å²) < 4.78 is 0. The van der Waals surface area contributed by atoms with E-state index in [1.165, 1.54) is 51.5 Å². The molecule has 18 heavy (non-hydrogen) atoms. The van der Waals surface area contributed by atoms with Gasteiger partial charge in [0.1, 0.15) is 0 Å². The van der Waals surface area contributed by atoms with Crippen molar-refractivity contribution in [2.75, 3.05) is 26.2 Å². The van der Waals surface area contributed by atoms with Gasteiger partial charge in [-0.3, -0.25) is 4.90 Å². The van der Waals surface area contributed by atoms with E-state index in [0.717, 1.165) is 31.1 Å². The molecule has 2 aliphatic rings. The molecule has 0 spiro atoms. The monoisotopic (exact) mass is 254 g/mol. The fourth-order valence-electron chi connectivity index (χ4n) is 3.91. The van der Waals surface area contributed by atoms with Gasteiger partial charge in [-0.05, 0) is 38.1 Å². The van der Waals surface area contributed by atoms with Crippen molar-refractivity contribution in [1.82, 2.24) is 10.2 Å². The van der Waals surface area contributed by atoms with Gasteiger partial charge in [-0.1, -0.05) is 26.2 Å². The van der Waals surface area contributed by atoms with E-state index in [0.29, 0.717) is 6.61 Å². The van der Waals surface area contributed by atoms with E-state index in [1.54, 1.807) is 0 Å². The Bertz CT molecular complexity index is 229. The molecular formula is C15H30N2O. The van der Waals surface area contributed by atoms with Crippen LogP contribution < -0.4 is 5.32 Å². The van der Waals surface area contributed by atoms with Gasteiger partial charge >= 0.3 is 0 Å². The van der Waals surface area contributed by atoms with Gasteiger partial charge in [0, 0.05) is 25.2 Å². The highest BCUT2D eigenvalue weighted by molar-refractivity contribution is 4.87. The zero-order valence-corrected chi connectivity index (χ0v) is 11.9. The number of rotatable bonds is 7. The van der Waals surface area contributed by atoms with E-state index in [9.17, 15) is 5.11 Å². The summed E-state index contributed by atoms with van der Waals surface area (Å²) >= 11 is 0. The Morgan fingerprint density at radius 3 is 2.56 bits per heavy atom. The zero-order chi connectivity index (χ0) is 12.8. The SMILES string of the molecule is CCNC1CCCC1CN(CCO)C1CCCC1. The van der Waals surface area contributed by atoms with Crippen molar-refractivity contribution in [3.63, 3.8) is 0 Å². The van der Waals surface area contributed by atoms with Gasteiger partial charge in [0.05, 0.1) is 6.61 Å². The smallest absolute Gasteiger partial charge is 0.0558 e. The Labute approximate surface area is 112 Å². The first-order chi connectivity index (χ1) is 8.85. The van der Waals surface area contributed by atoms with Gasteiger partial charge in [0.2, 0.25) is 0 Å². The first kappa shape index (κ1) is 14.3. The second-order valence-corrected chi connectivity index (χ2v) is 6.01. The Kier molecular flexibility index (Phi) is 5.93. The molecule has 0 radical (unpaired) electrons. The van der Waals surface area contributed by atoms with E-state index in [2.05, 4.69) is 17.1 Å². The first-order valence-electron chi connectivity index (χ1n) is 7.93. The van der Waals surface area contributed by atoms with E-state index < -0.39 is 0 Å². The van der Waals surface area contributed by atoms with Crippen molar-refractivity contribution in [3.8, 4) is 0 Å². The Morgan fingerprint density at radius 2 is 1.89 bits per heavy atom. The lowest BCUT2D eigenvalue weighted by Crippen LogP contribution is -2.43. The fourth-order valence-corrected chi connectivity index (χ4v) is 3.91. The van der Waals surface area contributed by atoms with Crippen LogP contribution in [0.25, 0.3) is 0 Å². The molecule has 0 amide bonds. The summed E-state index contributed by atoms with van der Waals surface area (Å²) in [6.07, 6.45) is 9.54. The van der Waals surface area contributed by atoms with Crippen molar-refractivity contribution in [1.29, 1.82) is 0 Å². The van der Waals surface area contributed by atoms with Gasteiger partial charge in [0.15, 0.2) is 0 Å². The average Bonchev–Trinajstić information content (AvgIpc) is 3.01. The zero-order valence-electron chi connectivity index (χ0n) is 11.9. The highest BCUT2D eigenvalue weighted by Gasteiger charge is 2.31. The third-order valence-corrected chi connectivity index (χ3v) is 4.82. The number of hydrogen-bond acceptors (Lipinski definition) is 3. The van der Waals surface area contributed by atoms with E-state index >= 15 is 0 Å². The van der Waals surface area contributed by atoms with Gasteiger partial charge in [-0.2, -0.15) is 0 Å². The molecule has 2 aliphatic carbocycles. The second-order valence-electron chi connectivity index (χ2n) is 6.01. The van der Waals surface area contributed by atoms with Crippen LogP contribution >= 0.6 is 0 Å². The summed E-state index contributed by atoms with van der Waals surface area (Å²) in [5, 5.41) is 12.9. The van der Waals surface area contributed by atoms with Crippen LogP contribution in [0.15, 0.2) is 0 Å². The van der Waals surface area contributed by atoms with E-state index in [1.807, 2.05) is 0 Å². The molecule has 2 N–H and O–H groups in total. The van der Waals surface area contributed by atoms with Crippen LogP contribution in [0, 0.1) is 5.92 Å². The number of hydrogen-bond donors (Lipinski definition) is 2. The maximum atomic E-state index is 9.28.